The van der Waals surface area contributed by atoms with Gasteiger partial charge in [-0.3, -0.25) is 0 Å². The van der Waals surface area contributed by atoms with Crippen LogP contribution in [0.5, 0.6) is 23.0 Å². The largest absolute Gasteiger partial charge is 1.00 e. The Bertz CT molecular complexity index is 1280. The van der Waals surface area contributed by atoms with Crippen LogP contribution in [0.2, 0.25) is 0 Å². The summed E-state index contributed by atoms with van der Waals surface area (Å²) in [5.74, 6) is 2.79. The molecule has 0 aliphatic rings. The van der Waals surface area contributed by atoms with E-state index in [1.165, 1.54) is 0 Å². The van der Waals surface area contributed by atoms with Crippen LogP contribution in [-0.2, 0) is 7.05 Å². The lowest BCUT2D eigenvalue weighted by Crippen LogP contribution is -3.00. The second-order valence-electron chi connectivity index (χ2n) is 6.79. The molecule has 0 fully saturated rings. The highest BCUT2D eigenvalue weighted by Gasteiger charge is 2.22. The molecule has 0 N–H and O–H groups in total. The Labute approximate surface area is 181 Å². The van der Waals surface area contributed by atoms with Crippen molar-refractivity contribution in [3.63, 3.8) is 0 Å². The molecule has 0 atom stereocenters. The first-order valence-electron chi connectivity index (χ1n) is 9.26. The van der Waals surface area contributed by atoms with E-state index in [1.54, 1.807) is 28.4 Å². The predicted octanol–water partition coefficient (Wildman–Crippen LogP) is 1.65. The van der Waals surface area contributed by atoms with E-state index in [0.29, 0.717) is 17.2 Å². The van der Waals surface area contributed by atoms with E-state index in [-0.39, 0.29) is 12.4 Å². The summed E-state index contributed by atoms with van der Waals surface area (Å²) in [6.07, 6.45) is 3.88. The lowest BCUT2D eigenvalue weighted by molar-refractivity contribution is -0.642. The van der Waals surface area contributed by atoms with Crippen LogP contribution in [0, 0.1) is 0 Å². The number of rotatable bonds is 5. The van der Waals surface area contributed by atoms with Crippen LogP contribution in [0.3, 0.4) is 0 Å². The normalized spacial score (nSPS) is 10.7. The van der Waals surface area contributed by atoms with Crippen molar-refractivity contribution < 1.29 is 35.9 Å². The number of hydrogen-bond donors (Lipinski definition) is 0. The van der Waals surface area contributed by atoms with Gasteiger partial charge in [0.1, 0.15) is 7.05 Å². The zero-order valence-corrected chi connectivity index (χ0v) is 18.5. The molecule has 0 radical (unpaired) electrons. The number of benzene rings is 3. The van der Waals surface area contributed by atoms with E-state index in [2.05, 4.69) is 35.5 Å². The number of halogens is 1. The van der Waals surface area contributed by atoms with Crippen molar-refractivity contribution in [2.45, 2.75) is 0 Å². The molecule has 0 saturated heterocycles. The van der Waals surface area contributed by atoms with Gasteiger partial charge in [-0.2, -0.15) is 4.57 Å². The molecule has 1 aromatic heterocycles. The molecule has 156 valence electrons. The molecule has 0 aliphatic carbocycles. The van der Waals surface area contributed by atoms with E-state index in [4.69, 9.17) is 18.9 Å². The Balaban J connectivity index is 0.00000256. The van der Waals surface area contributed by atoms with E-state index in [0.717, 1.165) is 43.8 Å². The van der Waals surface area contributed by atoms with Gasteiger partial charge in [-0.15, -0.1) is 0 Å². The molecular weight excluding hydrogens is 402 g/mol. The highest BCUT2D eigenvalue weighted by atomic mass is 35.5. The van der Waals surface area contributed by atoms with Gasteiger partial charge in [-0.1, -0.05) is 18.7 Å². The van der Waals surface area contributed by atoms with E-state index in [1.807, 2.05) is 25.3 Å². The first-order valence-corrected chi connectivity index (χ1v) is 9.26. The van der Waals surface area contributed by atoms with E-state index >= 15 is 0 Å². The monoisotopic (exact) mass is 425 g/mol. The standard InChI is InChI=1S/C24H24NO4.ClH/c1-7-14-15-8-9-17-16-10-11-20(26-3)24(29-6)19(16)13-25(2)22(17)18(15)12-21(27-4)23(14)28-5;/h7-13H,1H2,2-6H3;1H/q+1;/p-1. The Morgan fingerprint density at radius 2 is 1.37 bits per heavy atom. The van der Waals surface area contributed by atoms with Gasteiger partial charge in [0.25, 0.3) is 0 Å². The smallest absolute Gasteiger partial charge is 0.220 e. The van der Waals surface area contributed by atoms with Crippen LogP contribution in [0.15, 0.2) is 43.1 Å². The molecule has 0 spiro atoms. The van der Waals surface area contributed by atoms with Crippen molar-refractivity contribution >= 4 is 38.5 Å². The molecule has 0 aliphatic heterocycles. The quantitative estimate of drug-likeness (QED) is 0.360. The fourth-order valence-electron chi connectivity index (χ4n) is 4.17. The summed E-state index contributed by atoms with van der Waals surface area (Å²) >= 11 is 0. The highest BCUT2D eigenvalue weighted by Crippen LogP contribution is 2.42. The fourth-order valence-corrected chi connectivity index (χ4v) is 4.17. The van der Waals surface area contributed by atoms with Gasteiger partial charge in [-0.05, 0) is 29.7 Å². The predicted molar refractivity (Wildman–Crippen MR) is 116 cm³/mol. The number of methoxy groups -OCH3 is 4. The van der Waals surface area contributed by atoms with E-state index < -0.39 is 0 Å². The lowest BCUT2D eigenvalue weighted by Gasteiger charge is -2.15. The molecule has 5 nitrogen and oxygen atoms in total. The number of fused-ring (bicyclic) bond motifs is 5. The number of pyridine rings is 1. The van der Waals surface area contributed by atoms with Crippen LogP contribution in [0.4, 0.5) is 0 Å². The van der Waals surface area contributed by atoms with Crippen molar-refractivity contribution in [2.24, 2.45) is 7.05 Å². The van der Waals surface area contributed by atoms with Crippen molar-refractivity contribution in [1.82, 2.24) is 0 Å². The third-order valence-corrected chi connectivity index (χ3v) is 5.43. The Kier molecular flexibility index (Phi) is 5.94. The summed E-state index contributed by atoms with van der Waals surface area (Å²) in [5.41, 5.74) is 2.00. The maximum absolute atomic E-state index is 5.66. The van der Waals surface area contributed by atoms with Crippen LogP contribution in [-0.4, -0.2) is 28.4 Å². The first kappa shape index (κ1) is 21.5. The summed E-state index contributed by atoms with van der Waals surface area (Å²) in [4.78, 5) is 0. The summed E-state index contributed by atoms with van der Waals surface area (Å²) in [7, 11) is 8.63. The first-order chi connectivity index (χ1) is 14.1. The van der Waals surface area contributed by atoms with E-state index in [9.17, 15) is 0 Å². The van der Waals surface area contributed by atoms with Crippen LogP contribution in [0.1, 0.15) is 5.56 Å². The maximum Gasteiger partial charge on any atom is 0.220 e. The zero-order valence-electron chi connectivity index (χ0n) is 17.7. The molecule has 30 heavy (non-hydrogen) atoms. The van der Waals surface area contributed by atoms with Crippen LogP contribution in [0.25, 0.3) is 38.5 Å². The molecule has 4 aromatic rings. The van der Waals surface area contributed by atoms with Crippen molar-refractivity contribution in [2.75, 3.05) is 28.4 Å². The maximum atomic E-state index is 5.66. The van der Waals surface area contributed by atoms with Gasteiger partial charge in [0.05, 0.1) is 44.6 Å². The number of ether oxygens (including phenoxy) is 4. The van der Waals surface area contributed by atoms with Gasteiger partial charge in [-0.25, -0.2) is 0 Å². The second-order valence-corrected chi connectivity index (χ2v) is 6.79. The van der Waals surface area contributed by atoms with Crippen molar-refractivity contribution in [3.8, 4) is 23.0 Å². The van der Waals surface area contributed by atoms with Crippen molar-refractivity contribution in [1.29, 1.82) is 0 Å². The summed E-state index contributed by atoms with van der Waals surface area (Å²) in [6, 6.07) is 10.3. The van der Waals surface area contributed by atoms with Gasteiger partial charge in [0.2, 0.25) is 5.52 Å². The van der Waals surface area contributed by atoms with Gasteiger partial charge in [0.15, 0.2) is 29.2 Å². The third-order valence-electron chi connectivity index (χ3n) is 5.43. The molecule has 6 heteroatoms. The minimum Gasteiger partial charge on any atom is -1.00 e. The molecule has 0 amide bonds. The summed E-state index contributed by atoms with van der Waals surface area (Å²) in [6.45, 7) is 3.99. The zero-order chi connectivity index (χ0) is 20.7. The second kappa shape index (κ2) is 8.28. The molecule has 1 heterocycles. The average molecular weight is 426 g/mol. The number of aryl methyl sites for hydroxylation is 1. The van der Waals surface area contributed by atoms with Crippen molar-refractivity contribution in [3.05, 3.63) is 48.7 Å². The number of aromatic nitrogens is 1. The molecule has 0 unspecified atom stereocenters. The van der Waals surface area contributed by atoms with Crippen LogP contribution >= 0.6 is 0 Å². The minimum atomic E-state index is 0. The lowest BCUT2D eigenvalue weighted by atomic mass is 9.97. The molecule has 0 bridgehead atoms. The van der Waals surface area contributed by atoms with Gasteiger partial charge >= 0.3 is 0 Å². The Hall–Kier alpha value is -3.18. The SMILES string of the molecule is C=Cc1c(OC)c(OC)cc2c1ccc1c3ccc(OC)c(OC)c3c[n+](C)c21.[Cl-]. The molecule has 4 rings (SSSR count). The van der Waals surface area contributed by atoms with Gasteiger partial charge in [0, 0.05) is 10.9 Å². The Morgan fingerprint density at radius 3 is 1.97 bits per heavy atom. The minimum absolute atomic E-state index is 0. The summed E-state index contributed by atoms with van der Waals surface area (Å²) in [5, 5.41) is 5.31. The Morgan fingerprint density at radius 1 is 0.733 bits per heavy atom. The topological polar surface area (TPSA) is 40.8 Å². The summed E-state index contributed by atoms with van der Waals surface area (Å²) < 4.78 is 24.5. The number of nitrogens with zero attached hydrogens (tertiary/aromatic N) is 1. The van der Waals surface area contributed by atoms with Crippen LogP contribution < -0.4 is 35.9 Å². The fraction of sp³-hybridized carbons (Fsp3) is 0.208. The molecule has 0 saturated carbocycles. The molecule has 3 aromatic carbocycles. The number of hydrogen-bond acceptors (Lipinski definition) is 4. The molecular formula is C24H24ClNO4. The third kappa shape index (κ3) is 2.97. The highest BCUT2D eigenvalue weighted by molar-refractivity contribution is 6.16. The average Bonchev–Trinajstić information content (AvgIpc) is 2.76. The van der Waals surface area contributed by atoms with Gasteiger partial charge < -0.3 is 31.4 Å².